The molecule has 1 aliphatic heterocycles. The van der Waals surface area contributed by atoms with E-state index in [2.05, 4.69) is 5.32 Å². The van der Waals surface area contributed by atoms with Gasteiger partial charge >= 0.3 is 12.0 Å². The maximum Gasteiger partial charge on any atom is 0.321 e. The first-order valence-electron chi connectivity index (χ1n) is 5.21. The first-order chi connectivity index (χ1) is 8.47. The number of hydrogen-bond acceptors (Lipinski definition) is 2. The van der Waals surface area contributed by atoms with E-state index in [4.69, 9.17) is 5.11 Å². The summed E-state index contributed by atoms with van der Waals surface area (Å²) < 4.78 is 25.5. The molecule has 1 aliphatic rings. The number of carboxylic acids is 1. The molecule has 0 radical (unpaired) electrons. The van der Waals surface area contributed by atoms with E-state index in [-0.39, 0.29) is 18.8 Å². The van der Waals surface area contributed by atoms with Gasteiger partial charge in [0.15, 0.2) is 11.6 Å². The molecule has 0 aliphatic carbocycles. The molecule has 18 heavy (non-hydrogen) atoms. The van der Waals surface area contributed by atoms with Crippen LogP contribution in [0.2, 0.25) is 0 Å². The highest BCUT2D eigenvalue weighted by Gasteiger charge is 2.35. The Morgan fingerprint density at radius 2 is 1.94 bits per heavy atom. The van der Waals surface area contributed by atoms with E-state index in [1.165, 1.54) is 11.0 Å². The molecule has 7 heteroatoms. The molecule has 0 unspecified atom stereocenters. The van der Waals surface area contributed by atoms with Gasteiger partial charge in [0, 0.05) is 24.8 Å². The monoisotopic (exact) mass is 256 g/mol. The topological polar surface area (TPSA) is 69.6 Å². The number of amides is 2. The van der Waals surface area contributed by atoms with Gasteiger partial charge in [-0.15, -0.1) is 0 Å². The predicted octanol–water partition coefficient (Wildman–Crippen LogP) is 1.51. The number of urea groups is 1. The molecule has 0 aromatic heterocycles. The summed E-state index contributed by atoms with van der Waals surface area (Å²) in [5.74, 6) is -3.56. The summed E-state index contributed by atoms with van der Waals surface area (Å²) in [5.41, 5.74) is 0.123. The number of likely N-dealkylation sites (tertiary alicyclic amines) is 1. The van der Waals surface area contributed by atoms with Crippen molar-refractivity contribution < 1.29 is 23.5 Å². The Hall–Kier alpha value is -2.18. The van der Waals surface area contributed by atoms with Gasteiger partial charge in [-0.05, 0) is 12.1 Å². The number of carbonyl (C=O) groups is 2. The third-order valence-corrected chi connectivity index (χ3v) is 2.69. The summed E-state index contributed by atoms with van der Waals surface area (Å²) in [5, 5.41) is 11.0. The number of nitrogens with one attached hydrogen (secondary N) is 1. The van der Waals surface area contributed by atoms with Crippen LogP contribution in [0.4, 0.5) is 19.3 Å². The summed E-state index contributed by atoms with van der Waals surface area (Å²) in [4.78, 5) is 23.4. The number of rotatable bonds is 2. The molecule has 0 saturated carbocycles. The zero-order valence-electron chi connectivity index (χ0n) is 9.19. The molecule has 0 spiro atoms. The molecule has 2 N–H and O–H groups in total. The molecular formula is C11H10F2N2O3. The molecule has 96 valence electrons. The average Bonchev–Trinajstić information content (AvgIpc) is 2.20. The molecule has 5 nitrogen and oxygen atoms in total. The van der Waals surface area contributed by atoms with Gasteiger partial charge in [0.2, 0.25) is 0 Å². The van der Waals surface area contributed by atoms with Crippen LogP contribution >= 0.6 is 0 Å². The third-order valence-electron chi connectivity index (χ3n) is 2.69. The summed E-state index contributed by atoms with van der Waals surface area (Å²) in [7, 11) is 0. The van der Waals surface area contributed by atoms with Gasteiger partial charge in [0.05, 0.1) is 5.92 Å². The molecule has 1 fully saturated rings. The number of benzene rings is 1. The first-order valence-corrected chi connectivity index (χ1v) is 5.21. The van der Waals surface area contributed by atoms with E-state index in [0.717, 1.165) is 12.1 Å². The summed E-state index contributed by atoms with van der Waals surface area (Å²) in [6, 6.07) is 2.46. The fraction of sp³-hybridized carbons (Fsp3) is 0.273. The Bertz CT molecular complexity index is 501. The van der Waals surface area contributed by atoms with Crippen LogP contribution in [0, 0.1) is 17.6 Å². The Morgan fingerprint density at radius 3 is 2.50 bits per heavy atom. The van der Waals surface area contributed by atoms with Crippen LogP contribution in [0.25, 0.3) is 0 Å². The van der Waals surface area contributed by atoms with Gasteiger partial charge in [-0.25, -0.2) is 13.6 Å². The number of nitrogens with zero attached hydrogens (tertiary/aromatic N) is 1. The minimum absolute atomic E-state index is 0.116. The molecule has 0 atom stereocenters. The lowest BCUT2D eigenvalue weighted by atomic mass is 10.0. The van der Waals surface area contributed by atoms with Crippen LogP contribution in [0.1, 0.15) is 0 Å². The molecular weight excluding hydrogens is 246 g/mol. The maximum absolute atomic E-state index is 12.9. The predicted molar refractivity (Wildman–Crippen MR) is 58.1 cm³/mol. The Balaban J connectivity index is 1.92. The smallest absolute Gasteiger partial charge is 0.321 e. The van der Waals surface area contributed by atoms with E-state index in [1.807, 2.05) is 0 Å². The fourth-order valence-corrected chi connectivity index (χ4v) is 1.58. The number of carbonyl (C=O) groups excluding carboxylic acids is 1. The van der Waals surface area contributed by atoms with Crippen molar-refractivity contribution in [1.29, 1.82) is 0 Å². The van der Waals surface area contributed by atoms with Crippen molar-refractivity contribution in [2.24, 2.45) is 5.92 Å². The van der Waals surface area contributed by atoms with Gasteiger partial charge in [0.25, 0.3) is 0 Å². The van der Waals surface area contributed by atoms with Gasteiger partial charge in [0.1, 0.15) is 0 Å². The molecule has 2 amide bonds. The number of anilines is 1. The molecule has 1 aromatic rings. The molecule has 0 bridgehead atoms. The number of halogens is 2. The van der Waals surface area contributed by atoms with Crippen molar-refractivity contribution in [3.63, 3.8) is 0 Å². The SMILES string of the molecule is O=C(O)C1CN(C(=O)Nc2ccc(F)c(F)c2)C1. The van der Waals surface area contributed by atoms with Crippen LogP contribution in [-0.2, 0) is 4.79 Å². The highest BCUT2D eigenvalue weighted by Crippen LogP contribution is 2.18. The minimum Gasteiger partial charge on any atom is -0.481 e. The van der Waals surface area contributed by atoms with Crippen LogP contribution in [0.3, 0.4) is 0 Å². The Morgan fingerprint density at radius 1 is 1.28 bits per heavy atom. The molecule has 1 heterocycles. The van der Waals surface area contributed by atoms with Gasteiger partial charge in [-0.3, -0.25) is 4.79 Å². The number of carboxylic acid groups (broad SMARTS) is 1. The van der Waals surface area contributed by atoms with Gasteiger partial charge in [-0.1, -0.05) is 0 Å². The number of aliphatic carboxylic acids is 1. The van der Waals surface area contributed by atoms with Crippen LogP contribution < -0.4 is 5.32 Å². The quantitative estimate of drug-likeness (QED) is 0.842. The molecule has 1 saturated heterocycles. The van der Waals surface area contributed by atoms with E-state index in [9.17, 15) is 18.4 Å². The second-order valence-corrected chi connectivity index (χ2v) is 4.00. The van der Waals surface area contributed by atoms with Crippen molar-refractivity contribution in [2.45, 2.75) is 0 Å². The fourth-order valence-electron chi connectivity index (χ4n) is 1.58. The van der Waals surface area contributed by atoms with Crippen LogP contribution in [0.5, 0.6) is 0 Å². The van der Waals surface area contributed by atoms with Crippen LogP contribution in [0.15, 0.2) is 18.2 Å². The van der Waals surface area contributed by atoms with E-state index in [1.54, 1.807) is 0 Å². The summed E-state index contributed by atoms with van der Waals surface area (Å²) >= 11 is 0. The van der Waals surface area contributed by atoms with E-state index in [0.29, 0.717) is 0 Å². The minimum atomic E-state index is -1.06. The standard InChI is InChI=1S/C11H10F2N2O3/c12-8-2-1-7(3-9(8)13)14-11(18)15-4-6(5-15)10(16)17/h1-3,6H,4-5H2,(H,14,18)(H,16,17). The average molecular weight is 256 g/mol. The second kappa shape index (κ2) is 4.59. The number of hydrogen-bond donors (Lipinski definition) is 2. The lowest BCUT2D eigenvalue weighted by Crippen LogP contribution is -2.54. The zero-order valence-corrected chi connectivity index (χ0v) is 9.19. The lowest BCUT2D eigenvalue weighted by molar-refractivity contribution is -0.145. The van der Waals surface area contributed by atoms with Crippen molar-refractivity contribution in [1.82, 2.24) is 4.90 Å². The van der Waals surface area contributed by atoms with Crippen LogP contribution in [-0.4, -0.2) is 35.1 Å². The van der Waals surface area contributed by atoms with Gasteiger partial charge in [-0.2, -0.15) is 0 Å². The van der Waals surface area contributed by atoms with E-state index >= 15 is 0 Å². The summed E-state index contributed by atoms with van der Waals surface area (Å²) in [6.45, 7) is 0.232. The van der Waals surface area contributed by atoms with Crippen molar-refractivity contribution >= 4 is 17.7 Å². The second-order valence-electron chi connectivity index (χ2n) is 4.00. The van der Waals surface area contributed by atoms with Gasteiger partial charge < -0.3 is 15.3 Å². The Kier molecular flexibility index (Phi) is 3.14. The molecule has 1 aromatic carbocycles. The first kappa shape index (κ1) is 12.3. The van der Waals surface area contributed by atoms with Crippen molar-refractivity contribution in [2.75, 3.05) is 18.4 Å². The van der Waals surface area contributed by atoms with E-state index < -0.39 is 29.6 Å². The van der Waals surface area contributed by atoms with Crippen molar-refractivity contribution in [3.05, 3.63) is 29.8 Å². The van der Waals surface area contributed by atoms with Crippen molar-refractivity contribution in [3.8, 4) is 0 Å². The largest absolute Gasteiger partial charge is 0.481 e. The lowest BCUT2D eigenvalue weighted by Gasteiger charge is -2.36. The molecule has 2 rings (SSSR count). The highest BCUT2D eigenvalue weighted by molar-refractivity contribution is 5.91. The maximum atomic E-state index is 12.9. The normalized spacial score (nSPS) is 15.1. The summed E-state index contributed by atoms with van der Waals surface area (Å²) in [6.07, 6.45) is 0. The third kappa shape index (κ3) is 2.39. The highest BCUT2D eigenvalue weighted by atomic mass is 19.2. The zero-order chi connectivity index (χ0) is 13.3. The Labute approximate surface area is 101 Å².